The summed E-state index contributed by atoms with van der Waals surface area (Å²) in [7, 11) is 3.32. The zero-order chi connectivity index (χ0) is 20.4. The Hall–Kier alpha value is -2.57. The first-order chi connectivity index (χ1) is 14.1. The van der Waals surface area contributed by atoms with E-state index in [0.29, 0.717) is 17.7 Å². The van der Waals surface area contributed by atoms with Crippen LogP contribution >= 0.6 is 12.4 Å². The summed E-state index contributed by atoms with van der Waals surface area (Å²) in [6, 6.07) is 11.2. The van der Waals surface area contributed by atoms with Crippen LogP contribution in [0.5, 0.6) is 11.5 Å². The van der Waals surface area contributed by atoms with E-state index >= 15 is 0 Å². The molecular weight excluding hydrogens is 404 g/mol. The lowest BCUT2D eigenvalue weighted by Gasteiger charge is -2.29. The number of rotatable bonds is 7. The van der Waals surface area contributed by atoms with Crippen LogP contribution in [0, 0.1) is 0 Å². The number of carbonyl (C=O) groups is 2. The van der Waals surface area contributed by atoms with E-state index in [1.165, 1.54) is 16.0 Å². The van der Waals surface area contributed by atoms with Gasteiger partial charge in [-0.05, 0) is 61.2 Å². The molecule has 7 heteroatoms. The van der Waals surface area contributed by atoms with Crippen molar-refractivity contribution >= 4 is 24.2 Å². The lowest BCUT2D eigenvalue weighted by molar-refractivity contribution is 0.0650. The summed E-state index contributed by atoms with van der Waals surface area (Å²) in [4.78, 5) is 28.6. The van der Waals surface area contributed by atoms with Gasteiger partial charge in [0.15, 0.2) is 11.5 Å². The maximum atomic E-state index is 12.4. The summed E-state index contributed by atoms with van der Waals surface area (Å²) in [5.74, 6) is 1.21. The fraction of sp³-hybridized carbons (Fsp3) is 0.391. The summed E-state index contributed by atoms with van der Waals surface area (Å²) in [6.45, 7) is 3.29. The van der Waals surface area contributed by atoms with E-state index in [2.05, 4.69) is 17.0 Å². The van der Waals surface area contributed by atoms with E-state index in [-0.39, 0.29) is 24.2 Å². The van der Waals surface area contributed by atoms with E-state index < -0.39 is 0 Å². The van der Waals surface area contributed by atoms with Gasteiger partial charge < -0.3 is 9.47 Å². The molecule has 2 aromatic carbocycles. The zero-order valence-electron chi connectivity index (χ0n) is 17.3. The van der Waals surface area contributed by atoms with Gasteiger partial charge >= 0.3 is 0 Å². The Labute approximate surface area is 183 Å². The maximum Gasteiger partial charge on any atom is 0.261 e. The summed E-state index contributed by atoms with van der Waals surface area (Å²) in [6.07, 6.45) is 2.73. The first-order valence-electron chi connectivity index (χ1n) is 10.0. The van der Waals surface area contributed by atoms with Crippen molar-refractivity contribution in [3.8, 4) is 11.5 Å². The molecule has 0 saturated carbocycles. The molecule has 0 N–H and O–H groups in total. The van der Waals surface area contributed by atoms with E-state index in [9.17, 15) is 9.59 Å². The van der Waals surface area contributed by atoms with Gasteiger partial charge in [-0.15, -0.1) is 12.4 Å². The molecular formula is C23H27ClN2O4. The topological polar surface area (TPSA) is 59.1 Å². The third-order valence-corrected chi connectivity index (χ3v) is 5.78. The molecule has 6 nitrogen and oxygen atoms in total. The quantitative estimate of drug-likeness (QED) is 0.496. The van der Waals surface area contributed by atoms with Crippen molar-refractivity contribution in [2.45, 2.75) is 25.8 Å². The summed E-state index contributed by atoms with van der Waals surface area (Å²) < 4.78 is 10.8. The Kier molecular flexibility index (Phi) is 7.00. The van der Waals surface area contributed by atoms with Crippen molar-refractivity contribution in [2.75, 3.05) is 33.9 Å². The highest BCUT2D eigenvalue weighted by atomic mass is 35.5. The second-order valence-electron chi connectivity index (χ2n) is 7.52. The molecule has 160 valence electrons. The molecule has 0 fully saturated rings. The van der Waals surface area contributed by atoms with Gasteiger partial charge in [0.2, 0.25) is 0 Å². The maximum absolute atomic E-state index is 12.4. The number of fused-ring (bicyclic) bond motifs is 2. The normalized spacial score (nSPS) is 15.5. The van der Waals surface area contributed by atoms with Crippen molar-refractivity contribution in [3.05, 3.63) is 58.7 Å². The molecule has 2 aliphatic heterocycles. The van der Waals surface area contributed by atoms with Gasteiger partial charge in [0.1, 0.15) is 0 Å². The van der Waals surface area contributed by atoms with Crippen molar-refractivity contribution in [2.24, 2.45) is 0 Å². The number of methoxy groups -OCH3 is 2. The lowest BCUT2D eigenvalue weighted by Crippen LogP contribution is -2.33. The Morgan fingerprint density at radius 1 is 0.867 bits per heavy atom. The lowest BCUT2D eigenvalue weighted by atomic mass is 9.98. The van der Waals surface area contributed by atoms with Gasteiger partial charge in [-0.1, -0.05) is 12.1 Å². The minimum Gasteiger partial charge on any atom is -0.493 e. The van der Waals surface area contributed by atoms with Crippen molar-refractivity contribution in [1.82, 2.24) is 9.80 Å². The Morgan fingerprint density at radius 3 is 2.03 bits per heavy atom. The molecule has 0 radical (unpaired) electrons. The molecule has 4 rings (SSSR count). The molecule has 0 atom stereocenters. The standard InChI is InChI=1S/C23H26N2O4.ClH/c1-28-20-13-16-9-12-24(15-17(16)14-21(20)29-2)10-5-6-11-25-22(26)18-7-3-4-8-19(18)23(25)27;/h3-4,7-8,13-14H,5-6,9-12,15H2,1-2H3;1H. The van der Waals surface area contributed by atoms with Crippen molar-refractivity contribution in [3.63, 3.8) is 0 Å². The highest BCUT2D eigenvalue weighted by Gasteiger charge is 2.34. The number of hydrogen-bond donors (Lipinski definition) is 0. The molecule has 2 aliphatic rings. The average Bonchev–Trinajstić information content (AvgIpc) is 3.00. The summed E-state index contributed by atoms with van der Waals surface area (Å²) in [5, 5.41) is 0. The average molecular weight is 431 g/mol. The Morgan fingerprint density at radius 2 is 1.43 bits per heavy atom. The summed E-state index contributed by atoms with van der Waals surface area (Å²) >= 11 is 0. The third kappa shape index (κ3) is 4.16. The molecule has 2 heterocycles. The van der Waals surface area contributed by atoms with Crippen LogP contribution in [0.25, 0.3) is 0 Å². The zero-order valence-corrected chi connectivity index (χ0v) is 18.2. The largest absolute Gasteiger partial charge is 0.493 e. The van der Waals surface area contributed by atoms with Crippen LogP contribution < -0.4 is 9.47 Å². The smallest absolute Gasteiger partial charge is 0.261 e. The third-order valence-electron chi connectivity index (χ3n) is 5.78. The molecule has 30 heavy (non-hydrogen) atoms. The molecule has 2 aromatic rings. The molecule has 0 spiro atoms. The van der Waals surface area contributed by atoms with Crippen LogP contribution in [0.1, 0.15) is 44.7 Å². The van der Waals surface area contributed by atoms with Gasteiger partial charge in [0.05, 0.1) is 25.3 Å². The van der Waals surface area contributed by atoms with Crippen LogP contribution in [0.15, 0.2) is 36.4 Å². The predicted molar refractivity (Wildman–Crippen MR) is 117 cm³/mol. The van der Waals surface area contributed by atoms with Gasteiger partial charge in [0.25, 0.3) is 11.8 Å². The molecule has 0 saturated heterocycles. The van der Waals surface area contributed by atoms with Crippen LogP contribution in [0.2, 0.25) is 0 Å². The van der Waals surface area contributed by atoms with Gasteiger partial charge in [-0.25, -0.2) is 0 Å². The predicted octanol–water partition coefficient (Wildman–Crippen LogP) is 3.56. The number of hydrogen-bond acceptors (Lipinski definition) is 5. The first kappa shape index (κ1) is 22.1. The van der Waals surface area contributed by atoms with Gasteiger partial charge in [0, 0.05) is 19.6 Å². The van der Waals surface area contributed by atoms with Gasteiger partial charge in [-0.2, -0.15) is 0 Å². The fourth-order valence-corrected chi connectivity index (χ4v) is 4.18. The number of unbranched alkanes of at least 4 members (excludes halogenated alkanes) is 1. The number of ether oxygens (including phenoxy) is 2. The minimum atomic E-state index is -0.168. The van der Waals surface area contributed by atoms with E-state index in [4.69, 9.17) is 9.47 Å². The van der Waals surface area contributed by atoms with E-state index in [1.54, 1.807) is 38.5 Å². The van der Waals surface area contributed by atoms with Gasteiger partial charge in [-0.3, -0.25) is 19.4 Å². The molecule has 0 bridgehead atoms. The first-order valence-corrected chi connectivity index (χ1v) is 10.0. The van der Waals surface area contributed by atoms with Crippen LogP contribution in [0.4, 0.5) is 0 Å². The highest BCUT2D eigenvalue weighted by molar-refractivity contribution is 6.21. The Bertz CT molecular complexity index is 912. The van der Waals surface area contributed by atoms with Crippen LogP contribution in [-0.2, 0) is 13.0 Å². The van der Waals surface area contributed by atoms with Crippen LogP contribution in [0.3, 0.4) is 0 Å². The highest BCUT2D eigenvalue weighted by Crippen LogP contribution is 2.33. The monoisotopic (exact) mass is 430 g/mol. The molecule has 2 amide bonds. The SMILES string of the molecule is COc1cc2c(cc1OC)CN(CCCCN1C(=O)c3ccccc3C1=O)CC2.Cl. The second-order valence-corrected chi connectivity index (χ2v) is 7.52. The number of nitrogens with zero attached hydrogens (tertiary/aromatic N) is 2. The summed E-state index contributed by atoms with van der Waals surface area (Å²) in [5.41, 5.74) is 3.63. The fourth-order valence-electron chi connectivity index (χ4n) is 4.18. The minimum absolute atomic E-state index is 0. The van der Waals surface area contributed by atoms with E-state index in [1.807, 2.05) is 0 Å². The van der Waals surface area contributed by atoms with Crippen molar-refractivity contribution in [1.29, 1.82) is 0 Å². The van der Waals surface area contributed by atoms with Crippen molar-refractivity contribution < 1.29 is 19.1 Å². The number of amides is 2. The van der Waals surface area contributed by atoms with E-state index in [0.717, 1.165) is 50.4 Å². The molecule has 0 aromatic heterocycles. The van der Waals surface area contributed by atoms with Crippen LogP contribution in [-0.4, -0.2) is 55.5 Å². The molecule has 0 aliphatic carbocycles. The number of benzene rings is 2. The molecule has 0 unspecified atom stereocenters. The number of carbonyl (C=O) groups excluding carboxylic acids is 2. The second kappa shape index (κ2) is 9.49. The number of halogens is 1. The Balaban J connectivity index is 0.00000256. The number of imide groups is 1.